The van der Waals surface area contributed by atoms with E-state index in [1.807, 2.05) is 0 Å². The molecule has 0 aromatic heterocycles. The van der Waals surface area contributed by atoms with Crippen molar-refractivity contribution in [3.63, 3.8) is 0 Å². The number of halogens is 9. The van der Waals surface area contributed by atoms with Crippen molar-refractivity contribution in [1.82, 2.24) is 0 Å². The molecule has 1 aromatic carbocycles. The van der Waals surface area contributed by atoms with Gasteiger partial charge in [0.05, 0.1) is 23.6 Å². The molecule has 1 heterocycles. The van der Waals surface area contributed by atoms with E-state index in [9.17, 15) is 39.5 Å². The zero-order chi connectivity index (χ0) is 17.6. The Kier molecular flexibility index (Phi) is 4.15. The highest BCUT2D eigenvalue weighted by atomic mass is 19.4. The van der Waals surface area contributed by atoms with Crippen LogP contribution in [0.4, 0.5) is 39.5 Å². The van der Waals surface area contributed by atoms with Gasteiger partial charge in [0.2, 0.25) is 0 Å². The van der Waals surface area contributed by atoms with Crippen molar-refractivity contribution in [2.24, 2.45) is 10.9 Å². The van der Waals surface area contributed by atoms with Gasteiger partial charge in [-0.1, -0.05) is 0 Å². The fraction of sp³-hybridized carbons (Fsp3) is 0.462. The summed E-state index contributed by atoms with van der Waals surface area (Å²) in [5, 5.41) is 0. The molecule has 1 aliphatic heterocycles. The van der Waals surface area contributed by atoms with Gasteiger partial charge in [-0.25, -0.2) is 0 Å². The second kappa shape index (κ2) is 5.41. The summed E-state index contributed by atoms with van der Waals surface area (Å²) in [6.45, 7) is -0.712. The van der Waals surface area contributed by atoms with E-state index >= 15 is 0 Å². The van der Waals surface area contributed by atoms with Crippen molar-refractivity contribution >= 4 is 5.71 Å². The Labute approximate surface area is 123 Å². The lowest BCUT2D eigenvalue weighted by Crippen LogP contribution is -2.24. The average Bonchev–Trinajstić information content (AvgIpc) is 2.85. The Morgan fingerprint density at radius 2 is 1.26 bits per heavy atom. The molecule has 1 nitrogen and oxygen atoms in total. The summed E-state index contributed by atoms with van der Waals surface area (Å²) in [5.41, 5.74) is -4.18. The van der Waals surface area contributed by atoms with Gasteiger partial charge in [-0.05, 0) is 23.8 Å². The number of benzene rings is 1. The van der Waals surface area contributed by atoms with Crippen molar-refractivity contribution < 1.29 is 39.5 Å². The van der Waals surface area contributed by atoms with Crippen LogP contribution in [0.25, 0.3) is 0 Å². The molecule has 2 rings (SSSR count). The monoisotopic (exact) mass is 349 g/mol. The van der Waals surface area contributed by atoms with E-state index in [-0.39, 0.29) is 6.07 Å². The van der Waals surface area contributed by atoms with Crippen molar-refractivity contribution in [3.05, 3.63) is 34.9 Å². The molecule has 0 aliphatic carbocycles. The molecule has 0 saturated carbocycles. The molecule has 1 atom stereocenters. The van der Waals surface area contributed by atoms with E-state index in [0.717, 1.165) is 0 Å². The Morgan fingerprint density at radius 3 is 1.61 bits per heavy atom. The van der Waals surface area contributed by atoms with E-state index in [1.165, 1.54) is 0 Å². The fourth-order valence-electron chi connectivity index (χ4n) is 2.13. The van der Waals surface area contributed by atoms with Gasteiger partial charge in [-0.3, -0.25) is 4.99 Å². The van der Waals surface area contributed by atoms with Crippen LogP contribution in [0.3, 0.4) is 0 Å². The first-order chi connectivity index (χ1) is 10.3. The van der Waals surface area contributed by atoms with Crippen molar-refractivity contribution in [1.29, 1.82) is 0 Å². The second-order valence-corrected chi connectivity index (χ2v) is 5.02. The number of nitrogens with zero attached hydrogens (tertiary/aromatic N) is 1. The Balaban J connectivity index is 2.44. The van der Waals surface area contributed by atoms with Gasteiger partial charge in [0.15, 0.2) is 0 Å². The number of alkyl halides is 9. The molecule has 0 spiro atoms. The minimum Gasteiger partial charge on any atom is -0.288 e. The quantitative estimate of drug-likeness (QED) is 0.626. The summed E-state index contributed by atoms with van der Waals surface area (Å²) in [4.78, 5) is 3.46. The number of hydrogen-bond donors (Lipinski definition) is 0. The summed E-state index contributed by atoms with van der Waals surface area (Å²) < 4.78 is 114. The summed E-state index contributed by atoms with van der Waals surface area (Å²) in [7, 11) is 0. The average molecular weight is 349 g/mol. The first kappa shape index (κ1) is 17.6. The lowest BCUT2D eigenvalue weighted by Gasteiger charge is -2.15. The first-order valence-corrected chi connectivity index (χ1v) is 6.18. The standard InChI is InChI=1S/C13H8F9N/c14-11(15,16)7-1-6(2-8(3-7)12(17,18)19)10-4-9(5-23-10)13(20,21)22/h1-3,9H,4-5H2. The normalized spacial score (nSPS) is 19.9. The van der Waals surface area contributed by atoms with Crippen molar-refractivity contribution in [2.45, 2.75) is 24.9 Å². The lowest BCUT2D eigenvalue weighted by atomic mass is 9.97. The van der Waals surface area contributed by atoms with Crippen LogP contribution in [0, 0.1) is 5.92 Å². The van der Waals surface area contributed by atoms with Crippen LogP contribution >= 0.6 is 0 Å². The van der Waals surface area contributed by atoms with E-state index in [4.69, 9.17) is 0 Å². The molecular weight excluding hydrogens is 341 g/mol. The van der Waals surface area contributed by atoms with Gasteiger partial charge in [-0.15, -0.1) is 0 Å². The van der Waals surface area contributed by atoms with Crippen molar-refractivity contribution in [3.8, 4) is 0 Å². The van der Waals surface area contributed by atoms with Crippen LogP contribution in [0.5, 0.6) is 0 Å². The third kappa shape index (κ3) is 3.97. The summed E-state index contributed by atoms with van der Waals surface area (Å²) in [6, 6.07) is 0.680. The smallest absolute Gasteiger partial charge is 0.288 e. The maximum Gasteiger partial charge on any atom is 0.416 e. The largest absolute Gasteiger partial charge is 0.416 e. The molecular formula is C13H8F9N. The van der Waals surface area contributed by atoms with Gasteiger partial charge < -0.3 is 0 Å². The molecule has 0 radical (unpaired) electrons. The number of rotatable bonds is 1. The van der Waals surface area contributed by atoms with Gasteiger partial charge in [0.25, 0.3) is 0 Å². The molecule has 128 valence electrons. The van der Waals surface area contributed by atoms with E-state index < -0.39 is 59.8 Å². The van der Waals surface area contributed by atoms with Gasteiger partial charge >= 0.3 is 18.5 Å². The number of hydrogen-bond acceptors (Lipinski definition) is 1. The highest BCUT2D eigenvalue weighted by molar-refractivity contribution is 6.02. The second-order valence-electron chi connectivity index (χ2n) is 5.02. The van der Waals surface area contributed by atoms with Gasteiger partial charge in [-0.2, -0.15) is 39.5 Å². The van der Waals surface area contributed by atoms with Crippen LogP contribution in [-0.2, 0) is 12.4 Å². The van der Waals surface area contributed by atoms with E-state index in [0.29, 0.717) is 12.1 Å². The van der Waals surface area contributed by atoms with E-state index in [1.54, 1.807) is 0 Å². The lowest BCUT2D eigenvalue weighted by molar-refractivity contribution is -0.167. The highest BCUT2D eigenvalue weighted by Gasteiger charge is 2.43. The third-order valence-corrected chi connectivity index (χ3v) is 3.33. The molecule has 1 aromatic rings. The SMILES string of the molecule is FC(F)(F)c1cc(C2=NCC(C(F)(F)F)C2)cc(C(F)(F)F)c1. The Hall–Kier alpha value is -1.74. The Bertz CT molecular complexity index is 590. The molecule has 0 amide bonds. The molecule has 10 heteroatoms. The first-order valence-electron chi connectivity index (χ1n) is 6.18. The van der Waals surface area contributed by atoms with Gasteiger partial charge in [0.1, 0.15) is 0 Å². The molecule has 1 aliphatic rings. The third-order valence-electron chi connectivity index (χ3n) is 3.33. The molecule has 0 saturated heterocycles. The van der Waals surface area contributed by atoms with Gasteiger partial charge in [0, 0.05) is 12.1 Å². The zero-order valence-electron chi connectivity index (χ0n) is 11.1. The van der Waals surface area contributed by atoms with Crippen LogP contribution in [0.15, 0.2) is 23.2 Å². The molecule has 1 unspecified atom stereocenters. The maximum atomic E-state index is 12.7. The molecule has 0 N–H and O–H groups in total. The maximum absolute atomic E-state index is 12.7. The fourth-order valence-corrected chi connectivity index (χ4v) is 2.13. The Morgan fingerprint density at radius 1 is 0.783 bits per heavy atom. The zero-order valence-corrected chi connectivity index (χ0v) is 11.1. The van der Waals surface area contributed by atoms with Crippen LogP contribution in [0.2, 0.25) is 0 Å². The molecule has 23 heavy (non-hydrogen) atoms. The summed E-state index contributed by atoms with van der Waals surface area (Å²) in [5.74, 6) is -1.90. The molecule has 0 bridgehead atoms. The van der Waals surface area contributed by atoms with Crippen molar-refractivity contribution in [2.75, 3.05) is 6.54 Å². The highest BCUT2D eigenvalue weighted by Crippen LogP contribution is 2.38. The van der Waals surface area contributed by atoms with Crippen LogP contribution < -0.4 is 0 Å². The topological polar surface area (TPSA) is 12.4 Å². The van der Waals surface area contributed by atoms with Crippen LogP contribution in [0.1, 0.15) is 23.1 Å². The van der Waals surface area contributed by atoms with Crippen LogP contribution in [-0.4, -0.2) is 18.4 Å². The predicted molar refractivity (Wildman–Crippen MR) is 62.0 cm³/mol. The molecule has 0 fully saturated rings. The number of aliphatic imine (C=N–C) groups is 1. The summed E-state index contributed by atoms with van der Waals surface area (Å²) >= 11 is 0. The minimum absolute atomic E-state index is 0.0831. The van der Waals surface area contributed by atoms with E-state index in [2.05, 4.69) is 4.99 Å². The summed E-state index contributed by atoms with van der Waals surface area (Å²) in [6.07, 6.45) is -15.5. The predicted octanol–water partition coefficient (Wildman–Crippen LogP) is 5.10. The minimum atomic E-state index is -5.06.